The van der Waals surface area contributed by atoms with Crippen LogP contribution in [0.1, 0.15) is 43.6 Å². The average Bonchev–Trinajstić information content (AvgIpc) is 2.65. The lowest BCUT2D eigenvalue weighted by atomic mass is 10.1. The Labute approximate surface area is 174 Å². The van der Waals surface area contributed by atoms with Gasteiger partial charge < -0.3 is 20.1 Å². The van der Waals surface area contributed by atoms with E-state index in [9.17, 15) is 18.8 Å². The summed E-state index contributed by atoms with van der Waals surface area (Å²) < 4.78 is 23.5. The van der Waals surface area contributed by atoms with E-state index in [0.29, 0.717) is 0 Å². The molecule has 2 aromatic rings. The van der Waals surface area contributed by atoms with Crippen molar-refractivity contribution in [3.8, 4) is 0 Å². The Kier molecular flexibility index (Phi) is 7.52. The van der Waals surface area contributed by atoms with E-state index >= 15 is 0 Å². The van der Waals surface area contributed by atoms with E-state index in [1.807, 2.05) is 0 Å². The van der Waals surface area contributed by atoms with E-state index in [-0.39, 0.29) is 17.8 Å². The van der Waals surface area contributed by atoms with Crippen molar-refractivity contribution in [2.75, 3.05) is 5.32 Å². The van der Waals surface area contributed by atoms with Crippen LogP contribution in [-0.4, -0.2) is 29.7 Å². The van der Waals surface area contributed by atoms with Crippen LogP contribution in [0.2, 0.25) is 0 Å². The standard InChI is InChI=1S/C22H25FN2O5/c1-14(19(26)25-18-7-5-6-17(23)12-18)29-20(27)16-10-8-15(9-11-16)13-24-21(28)30-22(2,3)4/h5-12,14H,13H2,1-4H3,(H,24,28)(H,25,26). The Morgan fingerprint density at radius 1 is 1.07 bits per heavy atom. The predicted octanol–water partition coefficient (Wildman–Crippen LogP) is 4.03. The van der Waals surface area contributed by atoms with Crippen LogP contribution in [-0.2, 0) is 20.8 Å². The number of benzene rings is 2. The Morgan fingerprint density at radius 2 is 1.73 bits per heavy atom. The molecule has 0 bridgehead atoms. The number of carbonyl (C=O) groups excluding carboxylic acids is 3. The number of alkyl carbamates (subject to hydrolysis) is 1. The minimum absolute atomic E-state index is 0.233. The zero-order valence-electron chi connectivity index (χ0n) is 17.3. The summed E-state index contributed by atoms with van der Waals surface area (Å²) in [7, 11) is 0. The SMILES string of the molecule is CC(OC(=O)c1ccc(CNC(=O)OC(C)(C)C)cc1)C(=O)Nc1cccc(F)c1. The third-order valence-corrected chi connectivity index (χ3v) is 3.77. The number of amides is 2. The van der Waals surface area contributed by atoms with Crippen LogP contribution < -0.4 is 10.6 Å². The maximum Gasteiger partial charge on any atom is 0.407 e. The highest BCUT2D eigenvalue weighted by Crippen LogP contribution is 2.12. The van der Waals surface area contributed by atoms with Gasteiger partial charge in [-0.3, -0.25) is 4.79 Å². The van der Waals surface area contributed by atoms with Crippen LogP contribution >= 0.6 is 0 Å². The third kappa shape index (κ3) is 7.54. The van der Waals surface area contributed by atoms with Crippen LogP contribution in [0.15, 0.2) is 48.5 Å². The van der Waals surface area contributed by atoms with E-state index in [0.717, 1.165) is 11.6 Å². The first kappa shape index (κ1) is 22.9. The number of anilines is 1. The molecule has 1 unspecified atom stereocenters. The average molecular weight is 416 g/mol. The summed E-state index contributed by atoms with van der Waals surface area (Å²) in [4.78, 5) is 36.1. The lowest BCUT2D eigenvalue weighted by Crippen LogP contribution is -2.32. The van der Waals surface area contributed by atoms with Gasteiger partial charge in [0.1, 0.15) is 11.4 Å². The van der Waals surface area contributed by atoms with E-state index < -0.39 is 35.5 Å². The van der Waals surface area contributed by atoms with Gasteiger partial charge in [-0.2, -0.15) is 0 Å². The van der Waals surface area contributed by atoms with Gasteiger partial charge in [0.15, 0.2) is 6.10 Å². The van der Waals surface area contributed by atoms with Gasteiger partial charge in [0, 0.05) is 12.2 Å². The molecule has 0 radical (unpaired) electrons. The summed E-state index contributed by atoms with van der Waals surface area (Å²) >= 11 is 0. The number of rotatable bonds is 6. The van der Waals surface area contributed by atoms with Crippen molar-refractivity contribution in [2.24, 2.45) is 0 Å². The van der Waals surface area contributed by atoms with Crippen molar-refractivity contribution in [1.29, 1.82) is 0 Å². The molecule has 7 nitrogen and oxygen atoms in total. The number of halogens is 1. The summed E-state index contributed by atoms with van der Waals surface area (Å²) in [5.74, 6) is -1.74. The van der Waals surface area contributed by atoms with E-state index in [2.05, 4.69) is 10.6 Å². The number of nitrogens with one attached hydrogen (secondary N) is 2. The highest BCUT2D eigenvalue weighted by molar-refractivity contribution is 5.97. The number of carbonyl (C=O) groups is 3. The molecule has 0 saturated heterocycles. The summed E-state index contributed by atoms with van der Waals surface area (Å²) in [6.07, 6.45) is -1.61. The van der Waals surface area contributed by atoms with Crippen molar-refractivity contribution in [2.45, 2.75) is 45.9 Å². The second kappa shape index (κ2) is 9.87. The van der Waals surface area contributed by atoms with Crippen LogP contribution in [0.4, 0.5) is 14.9 Å². The summed E-state index contributed by atoms with van der Waals surface area (Å²) in [6.45, 7) is 6.97. The Morgan fingerprint density at radius 3 is 2.33 bits per heavy atom. The summed E-state index contributed by atoms with van der Waals surface area (Å²) in [5, 5.41) is 5.11. The van der Waals surface area contributed by atoms with Crippen LogP contribution in [0, 0.1) is 5.82 Å². The Balaban J connectivity index is 1.86. The summed E-state index contributed by atoms with van der Waals surface area (Å²) in [5.41, 5.74) is 0.690. The van der Waals surface area contributed by atoms with Gasteiger partial charge in [0.25, 0.3) is 5.91 Å². The maximum atomic E-state index is 13.2. The minimum Gasteiger partial charge on any atom is -0.449 e. The van der Waals surface area contributed by atoms with Gasteiger partial charge >= 0.3 is 12.1 Å². The second-order valence-corrected chi connectivity index (χ2v) is 7.60. The molecule has 8 heteroatoms. The fourth-order valence-electron chi connectivity index (χ4n) is 2.34. The lowest BCUT2D eigenvalue weighted by molar-refractivity contribution is -0.123. The molecule has 0 spiro atoms. The zero-order chi connectivity index (χ0) is 22.3. The first-order valence-corrected chi connectivity index (χ1v) is 9.37. The molecule has 0 aromatic heterocycles. The molecule has 0 fully saturated rings. The van der Waals surface area contributed by atoms with Crippen molar-refractivity contribution >= 4 is 23.7 Å². The lowest BCUT2D eigenvalue weighted by Gasteiger charge is -2.19. The molecule has 0 aliphatic rings. The Hall–Kier alpha value is -3.42. The van der Waals surface area contributed by atoms with Crippen LogP contribution in [0.5, 0.6) is 0 Å². The quantitative estimate of drug-likeness (QED) is 0.694. The topological polar surface area (TPSA) is 93.7 Å². The summed E-state index contributed by atoms with van der Waals surface area (Å²) in [6, 6.07) is 11.8. The zero-order valence-corrected chi connectivity index (χ0v) is 17.3. The minimum atomic E-state index is -1.07. The predicted molar refractivity (Wildman–Crippen MR) is 109 cm³/mol. The van der Waals surface area contributed by atoms with Crippen molar-refractivity contribution in [1.82, 2.24) is 5.32 Å². The van der Waals surface area contributed by atoms with Gasteiger partial charge in [-0.1, -0.05) is 18.2 Å². The number of hydrogen-bond donors (Lipinski definition) is 2. The largest absolute Gasteiger partial charge is 0.449 e. The van der Waals surface area contributed by atoms with Gasteiger partial charge in [-0.05, 0) is 63.6 Å². The molecule has 2 N–H and O–H groups in total. The molecule has 30 heavy (non-hydrogen) atoms. The number of esters is 1. The molecule has 2 amide bonds. The molecule has 0 saturated carbocycles. The van der Waals surface area contributed by atoms with Gasteiger partial charge in [-0.15, -0.1) is 0 Å². The highest BCUT2D eigenvalue weighted by atomic mass is 19.1. The molecule has 0 aliphatic carbocycles. The van der Waals surface area contributed by atoms with Crippen LogP contribution in [0.25, 0.3) is 0 Å². The van der Waals surface area contributed by atoms with Crippen molar-refractivity contribution < 1.29 is 28.2 Å². The molecule has 0 aliphatic heterocycles. The number of hydrogen-bond acceptors (Lipinski definition) is 5. The fourth-order valence-corrected chi connectivity index (χ4v) is 2.34. The normalized spacial score (nSPS) is 11.9. The smallest absolute Gasteiger partial charge is 0.407 e. The van der Waals surface area contributed by atoms with Gasteiger partial charge in [0.05, 0.1) is 5.56 Å². The maximum absolute atomic E-state index is 13.2. The van der Waals surface area contributed by atoms with Gasteiger partial charge in [-0.25, -0.2) is 14.0 Å². The fraction of sp³-hybridized carbons (Fsp3) is 0.318. The molecular formula is C22H25FN2O5. The third-order valence-electron chi connectivity index (χ3n) is 3.77. The second-order valence-electron chi connectivity index (χ2n) is 7.60. The van der Waals surface area contributed by atoms with Crippen molar-refractivity contribution in [3.63, 3.8) is 0 Å². The first-order valence-electron chi connectivity index (χ1n) is 9.37. The molecule has 2 rings (SSSR count). The van der Waals surface area contributed by atoms with Crippen molar-refractivity contribution in [3.05, 3.63) is 65.5 Å². The number of ether oxygens (including phenoxy) is 2. The molecule has 0 heterocycles. The van der Waals surface area contributed by atoms with E-state index in [1.165, 1.54) is 37.3 Å². The molecular weight excluding hydrogens is 391 g/mol. The van der Waals surface area contributed by atoms with Crippen LogP contribution in [0.3, 0.4) is 0 Å². The first-order chi connectivity index (χ1) is 14.0. The van der Waals surface area contributed by atoms with E-state index in [1.54, 1.807) is 32.9 Å². The Bertz CT molecular complexity index is 906. The molecule has 2 aromatic carbocycles. The molecule has 160 valence electrons. The van der Waals surface area contributed by atoms with E-state index in [4.69, 9.17) is 9.47 Å². The van der Waals surface area contributed by atoms with Gasteiger partial charge in [0.2, 0.25) is 0 Å². The molecule has 1 atom stereocenters. The monoisotopic (exact) mass is 416 g/mol. The highest BCUT2D eigenvalue weighted by Gasteiger charge is 2.19.